The van der Waals surface area contributed by atoms with Crippen LogP contribution in [-0.4, -0.2) is 5.11 Å². The number of hydrogen-bond acceptors (Lipinski definition) is 1. The molecule has 0 unspecified atom stereocenters. The Hall–Kier alpha value is -1.76. The van der Waals surface area contributed by atoms with Crippen LogP contribution < -0.4 is 0 Å². The monoisotopic (exact) mass is 244 g/mol. The van der Waals surface area contributed by atoms with E-state index in [-0.39, 0.29) is 0 Å². The van der Waals surface area contributed by atoms with Gasteiger partial charge in [0.25, 0.3) is 0 Å². The minimum absolute atomic E-state index is 0.368. The second kappa shape index (κ2) is 9.29. The van der Waals surface area contributed by atoms with Gasteiger partial charge in [0.2, 0.25) is 0 Å². The lowest BCUT2D eigenvalue weighted by Crippen LogP contribution is -1.74. The Labute approximate surface area is 111 Å². The van der Waals surface area contributed by atoms with Gasteiger partial charge in [-0.05, 0) is 43.5 Å². The molecule has 18 heavy (non-hydrogen) atoms. The highest BCUT2D eigenvalue weighted by Gasteiger charge is 1.87. The summed E-state index contributed by atoms with van der Waals surface area (Å²) in [6, 6.07) is 15.6. The van der Waals surface area contributed by atoms with Crippen LogP contribution in [0.4, 0.5) is 0 Å². The van der Waals surface area contributed by atoms with Crippen molar-refractivity contribution in [3.05, 3.63) is 65.2 Å². The highest BCUT2D eigenvalue weighted by molar-refractivity contribution is 5.29. The van der Waals surface area contributed by atoms with Gasteiger partial charge >= 0.3 is 0 Å². The standard InChI is InChI=1S/C8H10.C7H8O.C2H6/c1-7-5-3-4-6-8(7)2;1-6-4-2-3-5-7(6)8;1-2/h3-6H,1-2H3;2-5,8H,1H3;1-2H3. The molecule has 0 spiro atoms. The molecule has 0 aromatic heterocycles. The molecule has 2 aromatic carbocycles. The molecule has 2 aromatic rings. The van der Waals surface area contributed by atoms with Crippen LogP contribution >= 0.6 is 0 Å². The van der Waals surface area contributed by atoms with Crippen molar-refractivity contribution in [1.29, 1.82) is 0 Å². The molecule has 1 N–H and O–H groups in total. The fourth-order valence-electron chi connectivity index (χ4n) is 1.23. The van der Waals surface area contributed by atoms with Gasteiger partial charge in [-0.25, -0.2) is 0 Å². The molecule has 1 heteroatoms. The van der Waals surface area contributed by atoms with E-state index < -0.39 is 0 Å². The van der Waals surface area contributed by atoms with Gasteiger partial charge in [-0.1, -0.05) is 56.3 Å². The van der Waals surface area contributed by atoms with Crippen LogP contribution in [0.3, 0.4) is 0 Å². The quantitative estimate of drug-likeness (QED) is 0.689. The normalized spacial score (nSPS) is 8.50. The van der Waals surface area contributed by atoms with Crippen LogP contribution in [0.15, 0.2) is 48.5 Å². The van der Waals surface area contributed by atoms with E-state index in [9.17, 15) is 0 Å². The first-order valence-corrected chi connectivity index (χ1v) is 6.38. The zero-order valence-electron chi connectivity index (χ0n) is 12.1. The number of aromatic hydroxyl groups is 1. The third-order valence-electron chi connectivity index (χ3n) is 2.54. The molecule has 0 radical (unpaired) electrons. The van der Waals surface area contributed by atoms with Crippen LogP contribution in [0.25, 0.3) is 0 Å². The topological polar surface area (TPSA) is 20.2 Å². The van der Waals surface area contributed by atoms with Gasteiger partial charge in [0.15, 0.2) is 0 Å². The second-order valence-corrected chi connectivity index (χ2v) is 3.87. The van der Waals surface area contributed by atoms with Gasteiger partial charge in [-0.3, -0.25) is 0 Å². The minimum Gasteiger partial charge on any atom is -0.508 e. The summed E-state index contributed by atoms with van der Waals surface area (Å²) in [7, 11) is 0. The van der Waals surface area contributed by atoms with E-state index in [1.54, 1.807) is 6.07 Å². The number of rotatable bonds is 0. The maximum Gasteiger partial charge on any atom is 0.118 e. The summed E-state index contributed by atoms with van der Waals surface area (Å²) in [6.07, 6.45) is 0. The largest absolute Gasteiger partial charge is 0.508 e. The first-order chi connectivity index (χ1) is 8.61. The van der Waals surface area contributed by atoms with Crippen LogP contribution in [0, 0.1) is 20.8 Å². The molecule has 0 atom stereocenters. The van der Waals surface area contributed by atoms with Crippen molar-refractivity contribution >= 4 is 0 Å². The van der Waals surface area contributed by atoms with Gasteiger partial charge in [0.05, 0.1) is 0 Å². The maximum atomic E-state index is 8.92. The molecule has 0 heterocycles. The number of hydrogen-bond donors (Lipinski definition) is 1. The maximum absolute atomic E-state index is 8.92. The number of phenolic OH excluding ortho intramolecular Hbond substituents is 1. The van der Waals surface area contributed by atoms with Crippen molar-refractivity contribution in [3.63, 3.8) is 0 Å². The van der Waals surface area contributed by atoms with Crippen molar-refractivity contribution in [2.75, 3.05) is 0 Å². The van der Waals surface area contributed by atoms with E-state index in [2.05, 4.69) is 38.1 Å². The fourth-order valence-corrected chi connectivity index (χ4v) is 1.23. The van der Waals surface area contributed by atoms with E-state index in [0.29, 0.717) is 5.75 Å². The first kappa shape index (κ1) is 16.2. The van der Waals surface area contributed by atoms with Crippen molar-refractivity contribution in [3.8, 4) is 5.75 Å². The lowest BCUT2D eigenvalue weighted by atomic mass is 10.1. The molecule has 0 amide bonds. The predicted molar refractivity (Wildman–Crippen MR) is 80.1 cm³/mol. The Balaban J connectivity index is 0.000000283. The average Bonchev–Trinajstić information content (AvgIpc) is 2.40. The van der Waals surface area contributed by atoms with E-state index in [0.717, 1.165) is 5.56 Å². The number of phenols is 1. The lowest BCUT2D eigenvalue weighted by molar-refractivity contribution is 0.471. The smallest absolute Gasteiger partial charge is 0.118 e. The molecule has 0 fully saturated rings. The van der Waals surface area contributed by atoms with E-state index in [1.165, 1.54) is 11.1 Å². The fraction of sp³-hybridized carbons (Fsp3) is 0.294. The zero-order valence-corrected chi connectivity index (χ0v) is 12.1. The summed E-state index contributed by atoms with van der Waals surface area (Å²) < 4.78 is 0. The molecule has 2 rings (SSSR count). The Bertz CT molecular complexity index is 361. The number of aryl methyl sites for hydroxylation is 3. The lowest BCUT2D eigenvalue weighted by Gasteiger charge is -1.93. The molecule has 0 saturated heterocycles. The molecule has 0 bridgehead atoms. The first-order valence-electron chi connectivity index (χ1n) is 6.38. The van der Waals surface area contributed by atoms with Gasteiger partial charge in [0.1, 0.15) is 5.75 Å². The summed E-state index contributed by atoms with van der Waals surface area (Å²) in [6.45, 7) is 10.1. The molecule has 0 aliphatic rings. The third kappa shape index (κ3) is 6.09. The highest BCUT2D eigenvalue weighted by Crippen LogP contribution is 2.12. The summed E-state index contributed by atoms with van der Waals surface area (Å²) >= 11 is 0. The van der Waals surface area contributed by atoms with Gasteiger partial charge in [-0.15, -0.1) is 0 Å². The Morgan fingerprint density at radius 2 is 0.944 bits per heavy atom. The number of para-hydroxylation sites is 1. The SMILES string of the molecule is CC.Cc1ccccc1C.Cc1ccccc1O. The van der Waals surface area contributed by atoms with Crippen molar-refractivity contribution in [1.82, 2.24) is 0 Å². The average molecular weight is 244 g/mol. The van der Waals surface area contributed by atoms with Crippen LogP contribution in [0.1, 0.15) is 30.5 Å². The minimum atomic E-state index is 0.368. The molecule has 1 nitrogen and oxygen atoms in total. The zero-order chi connectivity index (χ0) is 14.0. The van der Waals surface area contributed by atoms with Crippen LogP contribution in [-0.2, 0) is 0 Å². The van der Waals surface area contributed by atoms with Crippen molar-refractivity contribution in [2.24, 2.45) is 0 Å². The molecule has 98 valence electrons. The summed E-state index contributed by atoms with van der Waals surface area (Å²) in [5.41, 5.74) is 3.66. The summed E-state index contributed by atoms with van der Waals surface area (Å²) in [5, 5.41) is 8.92. The van der Waals surface area contributed by atoms with Gasteiger partial charge in [0, 0.05) is 0 Å². The molecular weight excluding hydrogens is 220 g/mol. The predicted octanol–water partition coefficient (Wildman–Crippen LogP) is 5.03. The summed E-state index contributed by atoms with van der Waals surface area (Å²) in [4.78, 5) is 0. The Morgan fingerprint density at radius 3 is 1.17 bits per heavy atom. The second-order valence-electron chi connectivity index (χ2n) is 3.87. The van der Waals surface area contributed by atoms with Crippen LogP contribution in [0.2, 0.25) is 0 Å². The van der Waals surface area contributed by atoms with Gasteiger partial charge < -0.3 is 5.11 Å². The summed E-state index contributed by atoms with van der Waals surface area (Å²) in [5.74, 6) is 0.368. The van der Waals surface area contributed by atoms with Gasteiger partial charge in [-0.2, -0.15) is 0 Å². The number of benzene rings is 2. The molecule has 0 aliphatic carbocycles. The van der Waals surface area contributed by atoms with Crippen molar-refractivity contribution in [2.45, 2.75) is 34.6 Å². The van der Waals surface area contributed by atoms with Crippen LogP contribution in [0.5, 0.6) is 5.75 Å². The Kier molecular flexibility index (Phi) is 8.38. The van der Waals surface area contributed by atoms with E-state index in [1.807, 2.05) is 39.0 Å². The van der Waals surface area contributed by atoms with E-state index >= 15 is 0 Å². The molecule has 0 saturated carbocycles. The molecule has 0 aliphatic heterocycles. The Morgan fingerprint density at radius 1 is 0.611 bits per heavy atom. The van der Waals surface area contributed by atoms with Crippen molar-refractivity contribution < 1.29 is 5.11 Å². The third-order valence-corrected chi connectivity index (χ3v) is 2.54. The highest BCUT2D eigenvalue weighted by atomic mass is 16.3. The molecular formula is C17H24O. The van der Waals surface area contributed by atoms with E-state index in [4.69, 9.17) is 5.11 Å².